The highest BCUT2D eigenvalue weighted by atomic mass is 16.2. The van der Waals surface area contributed by atoms with Crippen molar-refractivity contribution in [1.82, 2.24) is 15.2 Å². The molecule has 3 rings (SSSR count). The Balaban J connectivity index is 1.73. The lowest BCUT2D eigenvalue weighted by atomic mass is 10.2. The van der Waals surface area contributed by atoms with Gasteiger partial charge in [-0.1, -0.05) is 24.3 Å². The van der Waals surface area contributed by atoms with Crippen LogP contribution in [-0.4, -0.2) is 48.0 Å². The van der Waals surface area contributed by atoms with Crippen LogP contribution in [0.3, 0.4) is 0 Å². The lowest BCUT2D eigenvalue weighted by Gasteiger charge is -2.34. The van der Waals surface area contributed by atoms with Gasteiger partial charge in [-0.25, -0.2) is 0 Å². The van der Waals surface area contributed by atoms with E-state index in [2.05, 4.69) is 22.1 Å². The van der Waals surface area contributed by atoms with Crippen molar-refractivity contribution >= 4 is 11.6 Å². The summed E-state index contributed by atoms with van der Waals surface area (Å²) in [5.74, 6) is 0.177. The molecule has 1 aromatic heterocycles. The molecule has 1 aromatic carbocycles. The molecule has 1 aliphatic rings. The fourth-order valence-corrected chi connectivity index (χ4v) is 3.01. The summed E-state index contributed by atoms with van der Waals surface area (Å²) in [6.45, 7) is 5.58. The number of hydrogen-bond acceptors (Lipinski definition) is 4. The summed E-state index contributed by atoms with van der Waals surface area (Å²) in [6.07, 6.45) is 3.62. The van der Waals surface area contributed by atoms with Gasteiger partial charge in [-0.3, -0.25) is 9.78 Å². The normalized spacial score (nSPS) is 17.5. The zero-order valence-corrected chi connectivity index (χ0v) is 14.1. The first-order valence-corrected chi connectivity index (χ1v) is 8.42. The number of nitrogens with zero attached hydrogens (tertiary/aromatic N) is 3. The Morgan fingerprint density at radius 2 is 2.12 bits per heavy atom. The van der Waals surface area contributed by atoms with Crippen LogP contribution in [0, 0.1) is 0 Å². The quantitative estimate of drug-likeness (QED) is 0.913. The van der Waals surface area contributed by atoms with Crippen LogP contribution in [0.1, 0.15) is 12.5 Å². The van der Waals surface area contributed by atoms with Gasteiger partial charge >= 0.3 is 0 Å². The Morgan fingerprint density at radius 3 is 2.83 bits per heavy atom. The summed E-state index contributed by atoms with van der Waals surface area (Å²) in [5.41, 5.74) is 2.15. The van der Waals surface area contributed by atoms with Crippen molar-refractivity contribution in [2.45, 2.75) is 19.5 Å². The summed E-state index contributed by atoms with van der Waals surface area (Å²) in [5, 5.41) is 3.38. The Hall–Kier alpha value is -2.40. The summed E-state index contributed by atoms with van der Waals surface area (Å²) in [6, 6.07) is 14.4. The van der Waals surface area contributed by atoms with E-state index in [4.69, 9.17) is 0 Å². The van der Waals surface area contributed by atoms with E-state index in [1.54, 1.807) is 6.20 Å². The van der Waals surface area contributed by atoms with Crippen LogP contribution in [0.2, 0.25) is 0 Å². The molecule has 0 bridgehead atoms. The van der Waals surface area contributed by atoms with Gasteiger partial charge in [-0.05, 0) is 30.7 Å². The first-order valence-electron chi connectivity index (χ1n) is 8.42. The summed E-state index contributed by atoms with van der Waals surface area (Å²) in [4.78, 5) is 21.0. The van der Waals surface area contributed by atoms with E-state index in [9.17, 15) is 4.79 Å². The fourth-order valence-electron chi connectivity index (χ4n) is 3.01. The van der Waals surface area contributed by atoms with Crippen molar-refractivity contribution in [3.63, 3.8) is 0 Å². The van der Waals surface area contributed by atoms with Gasteiger partial charge in [-0.15, -0.1) is 0 Å². The molecule has 0 spiro atoms. The topological polar surface area (TPSA) is 48.5 Å². The predicted molar refractivity (Wildman–Crippen MR) is 95.8 cm³/mol. The van der Waals surface area contributed by atoms with Gasteiger partial charge < -0.3 is 15.1 Å². The third-order valence-corrected chi connectivity index (χ3v) is 4.27. The number of benzene rings is 1. The number of pyridine rings is 1. The zero-order chi connectivity index (χ0) is 16.8. The number of hydrogen-bond donors (Lipinski definition) is 1. The fraction of sp³-hybridized carbons (Fsp3) is 0.368. The van der Waals surface area contributed by atoms with Crippen LogP contribution in [0.4, 0.5) is 5.69 Å². The highest BCUT2D eigenvalue weighted by molar-refractivity contribution is 5.81. The van der Waals surface area contributed by atoms with Gasteiger partial charge in [-0.2, -0.15) is 0 Å². The van der Waals surface area contributed by atoms with Crippen LogP contribution in [0.5, 0.6) is 0 Å². The van der Waals surface area contributed by atoms with Crippen LogP contribution >= 0.6 is 0 Å². The second-order valence-corrected chi connectivity index (χ2v) is 6.25. The maximum atomic E-state index is 12.8. The third kappa shape index (κ3) is 4.32. The molecule has 1 aliphatic heterocycles. The second kappa shape index (κ2) is 7.93. The molecule has 126 valence electrons. The minimum atomic E-state index is 0.177. The standard InChI is InChI=1S/C19H24N4O/c1-16-13-22(11-10-21-16)19(24)15-23(18-7-3-2-4-8-18)14-17-6-5-9-20-12-17/h2-9,12,16,21H,10-11,13-15H2,1H3. The van der Waals surface area contributed by atoms with Crippen LogP contribution in [0.25, 0.3) is 0 Å². The van der Waals surface area contributed by atoms with Crippen molar-refractivity contribution in [1.29, 1.82) is 0 Å². The molecule has 2 aromatic rings. The highest BCUT2D eigenvalue weighted by Gasteiger charge is 2.22. The van der Waals surface area contributed by atoms with Gasteiger partial charge in [0, 0.05) is 50.3 Å². The maximum Gasteiger partial charge on any atom is 0.242 e. The molecule has 5 nitrogen and oxygen atoms in total. The molecule has 1 atom stereocenters. The van der Waals surface area contributed by atoms with Crippen molar-refractivity contribution in [3.8, 4) is 0 Å². The third-order valence-electron chi connectivity index (χ3n) is 4.27. The maximum absolute atomic E-state index is 12.8. The lowest BCUT2D eigenvalue weighted by Crippen LogP contribution is -2.53. The largest absolute Gasteiger partial charge is 0.358 e. The summed E-state index contributed by atoms with van der Waals surface area (Å²) < 4.78 is 0. The number of carbonyl (C=O) groups is 1. The van der Waals surface area contributed by atoms with E-state index >= 15 is 0 Å². The number of carbonyl (C=O) groups excluding carboxylic acids is 1. The van der Waals surface area contributed by atoms with Gasteiger partial charge in [0.2, 0.25) is 5.91 Å². The molecule has 0 aliphatic carbocycles. The number of para-hydroxylation sites is 1. The van der Waals surface area contributed by atoms with Crippen LogP contribution < -0.4 is 10.2 Å². The minimum absolute atomic E-state index is 0.177. The van der Waals surface area contributed by atoms with Gasteiger partial charge in [0.15, 0.2) is 0 Å². The number of amides is 1. The van der Waals surface area contributed by atoms with E-state index in [1.165, 1.54) is 0 Å². The number of piperazine rings is 1. The summed E-state index contributed by atoms with van der Waals surface area (Å²) >= 11 is 0. The molecule has 0 saturated carbocycles. The summed E-state index contributed by atoms with van der Waals surface area (Å²) in [7, 11) is 0. The molecule has 1 N–H and O–H groups in total. The monoisotopic (exact) mass is 324 g/mol. The van der Waals surface area contributed by atoms with Crippen LogP contribution in [0.15, 0.2) is 54.9 Å². The SMILES string of the molecule is CC1CN(C(=O)CN(Cc2cccnc2)c2ccccc2)CCN1. The predicted octanol–water partition coefficient (Wildman–Crippen LogP) is 1.91. The Morgan fingerprint density at radius 1 is 1.29 bits per heavy atom. The molecular formula is C19H24N4O. The molecule has 0 radical (unpaired) electrons. The molecule has 1 fully saturated rings. The lowest BCUT2D eigenvalue weighted by molar-refractivity contribution is -0.130. The minimum Gasteiger partial charge on any atom is -0.358 e. The molecule has 1 unspecified atom stereocenters. The van der Waals surface area contributed by atoms with Gasteiger partial charge in [0.1, 0.15) is 0 Å². The molecule has 5 heteroatoms. The number of anilines is 1. The molecule has 1 amide bonds. The van der Waals surface area contributed by atoms with Crippen LogP contribution in [-0.2, 0) is 11.3 Å². The van der Waals surface area contributed by atoms with Gasteiger partial charge in [0.25, 0.3) is 0 Å². The highest BCUT2D eigenvalue weighted by Crippen LogP contribution is 2.17. The second-order valence-electron chi connectivity index (χ2n) is 6.25. The van der Waals surface area contributed by atoms with Crippen molar-refractivity contribution in [3.05, 3.63) is 60.4 Å². The van der Waals surface area contributed by atoms with Crippen molar-refractivity contribution in [2.24, 2.45) is 0 Å². The molecule has 1 saturated heterocycles. The average Bonchev–Trinajstić information content (AvgIpc) is 2.63. The van der Waals surface area contributed by atoms with E-state index < -0.39 is 0 Å². The Labute approximate surface area is 143 Å². The first-order chi connectivity index (χ1) is 11.7. The zero-order valence-electron chi connectivity index (χ0n) is 14.1. The van der Waals surface area contributed by atoms with E-state index in [0.717, 1.165) is 30.9 Å². The van der Waals surface area contributed by atoms with Crippen molar-refractivity contribution in [2.75, 3.05) is 31.1 Å². The van der Waals surface area contributed by atoms with E-state index in [0.29, 0.717) is 19.1 Å². The number of nitrogens with one attached hydrogen (secondary N) is 1. The molecular weight excluding hydrogens is 300 g/mol. The Kier molecular flexibility index (Phi) is 5.43. The molecule has 2 heterocycles. The van der Waals surface area contributed by atoms with E-state index in [1.807, 2.05) is 53.6 Å². The number of rotatable bonds is 5. The Bertz CT molecular complexity index is 647. The smallest absolute Gasteiger partial charge is 0.242 e. The average molecular weight is 324 g/mol. The first kappa shape index (κ1) is 16.5. The van der Waals surface area contributed by atoms with E-state index in [-0.39, 0.29) is 5.91 Å². The van der Waals surface area contributed by atoms with Crippen molar-refractivity contribution < 1.29 is 4.79 Å². The number of aromatic nitrogens is 1. The van der Waals surface area contributed by atoms with Gasteiger partial charge in [0.05, 0.1) is 6.54 Å². The molecule has 24 heavy (non-hydrogen) atoms.